The first-order valence-electron chi connectivity index (χ1n) is 9.48. The Labute approximate surface area is 173 Å². The zero-order valence-electron chi connectivity index (χ0n) is 16.7. The standard InChI is InChI=1S/C20H25F2N5OS/c1-27(2)18-11-17(25-20(26-18)29-3)23-13-5-7-14(8-6-13)24-19(28)12-4-9-15(21)16(22)10-12/h4,9-11,13-14H,5-8H2,1-3H3,(H,24,28)(H,23,25,26). The second-order valence-corrected chi connectivity index (χ2v) is 8.06. The average Bonchev–Trinajstić information content (AvgIpc) is 2.71. The van der Waals surface area contributed by atoms with Gasteiger partial charge in [0.25, 0.3) is 5.91 Å². The lowest BCUT2D eigenvalue weighted by atomic mass is 9.91. The summed E-state index contributed by atoms with van der Waals surface area (Å²) in [5.41, 5.74) is 0.131. The van der Waals surface area contributed by atoms with E-state index >= 15 is 0 Å². The number of aromatic nitrogens is 2. The van der Waals surface area contributed by atoms with E-state index in [0.717, 1.165) is 49.5 Å². The molecule has 0 bridgehead atoms. The van der Waals surface area contributed by atoms with Crippen LogP contribution in [0.25, 0.3) is 0 Å². The third-order valence-electron chi connectivity index (χ3n) is 4.93. The van der Waals surface area contributed by atoms with E-state index in [1.807, 2.05) is 31.3 Å². The number of benzene rings is 1. The maximum Gasteiger partial charge on any atom is 0.251 e. The summed E-state index contributed by atoms with van der Waals surface area (Å²) >= 11 is 1.50. The predicted octanol–water partition coefficient (Wildman–Crippen LogP) is 3.70. The first-order valence-corrected chi connectivity index (χ1v) is 10.7. The van der Waals surface area contributed by atoms with E-state index in [1.54, 1.807) is 0 Å². The second kappa shape index (κ2) is 9.39. The molecule has 156 valence electrons. The van der Waals surface area contributed by atoms with Gasteiger partial charge in [-0.05, 0) is 50.1 Å². The molecule has 1 aromatic heterocycles. The molecule has 0 aliphatic heterocycles. The Morgan fingerprint density at radius 3 is 2.38 bits per heavy atom. The number of nitrogens with one attached hydrogen (secondary N) is 2. The molecule has 0 unspecified atom stereocenters. The smallest absolute Gasteiger partial charge is 0.251 e. The zero-order chi connectivity index (χ0) is 21.0. The van der Waals surface area contributed by atoms with Crippen molar-refractivity contribution in [2.75, 3.05) is 30.6 Å². The summed E-state index contributed by atoms with van der Waals surface area (Å²) in [5.74, 6) is -0.713. The van der Waals surface area contributed by atoms with Crippen LogP contribution in [0.4, 0.5) is 20.4 Å². The molecular weight excluding hydrogens is 396 g/mol. The number of anilines is 2. The van der Waals surface area contributed by atoms with Crippen molar-refractivity contribution in [3.05, 3.63) is 41.5 Å². The first kappa shape index (κ1) is 21.3. The number of halogens is 2. The van der Waals surface area contributed by atoms with Gasteiger partial charge < -0.3 is 15.5 Å². The molecule has 6 nitrogen and oxygen atoms in total. The van der Waals surface area contributed by atoms with Crippen LogP contribution in [0.15, 0.2) is 29.4 Å². The Hall–Kier alpha value is -2.42. The van der Waals surface area contributed by atoms with Gasteiger partial charge in [0.05, 0.1) is 0 Å². The van der Waals surface area contributed by atoms with Gasteiger partial charge in [-0.3, -0.25) is 4.79 Å². The fourth-order valence-corrected chi connectivity index (χ4v) is 3.68. The molecule has 1 aliphatic carbocycles. The topological polar surface area (TPSA) is 70.2 Å². The van der Waals surface area contributed by atoms with Gasteiger partial charge in [0.2, 0.25) is 0 Å². The molecule has 1 aliphatic rings. The van der Waals surface area contributed by atoms with Crippen LogP contribution in [-0.4, -0.2) is 48.3 Å². The van der Waals surface area contributed by atoms with Crippen molar-refractivity contribution in [1.82, 2.24) is 15.3 Å². The number of thioether (sulfide) groups is 1. The number of carbonyl (C=O) groups is 1. The van der Waals surface area contributed by atoms with Crippen molar-refractivity contribution in [3.8, 4) is 0 Å². The molecule has 3 rings (SSSR count). The minimum atomic E-state index is -1.02. The molecule has 1 aromatic carbocycles. The van der Waals surface area contributed by atoms with Crippen LogP contribution < -0.4 is 15.5 Å². The highest BCUT2D eigenvalue weighted by atomic mass is 32.2. The molecule has 29 heavy (non-hydrogen) atoms. The van der Waals surface area contributed by atoms with Crippen LogP contribution in [-0.2, 0) is 0 Å². The summed E-state index contributed by atoms with van der Waals surface area (Å²) in [6.45, 7) is 0. The summed E-state index contributed by atoms with van der Waals surface area (Å²) < 4.78 is 26.4. The van der Waals surface area contributed by atoms with Crippen molar-refractivity contribution >= 4 is 29.3 Å². The van der Waals surface area contributed by atoms with Crippen LogP contribution in [0.2, 0.25) is 0 Å². The van der Waals surface area contributed by atoms with Crippen molar-refractivity contribution in [2.45, 2.75) is 42.9 Å². The minimum absolute atomic E-state index is 0.0122. The molecule has 9 heteroatoms. The maximum atomic E-state index is 13.3. The van der Waals surface area contributed by atoms with Crippen LogP contribution in [0.1, 0.15) is 36.0 Å². The SMILES string of the molecule is CSc1nc(NC2CCC(NC(=O)c3ccc(F)c(F)c3)CC2)cc(N(C)C)n1. The summed E-state index contributed by atoms with van der Waals surface area (Å²) in [4.78, 5) is 23.2. The molecule has 0 radical (unpaired) electrons. The summed E-state index contributed by atoms with van der Waals surface area (Å²) in [6.07, 6.45) is 5.29. The third-order valence-corrected chi connectivity index (χ3v) is 5.48. The molecule has 1 saturated carbocycles. The van der Waals surface area contributed by atoms with E-state index in [0.29, 0.717) is 5.16 Å². The van der Waals surface area contributed by atoms with Crippen LogP contribution in [0.5, 0.6) is 0 Å². The van der Waals surface area contributed by atoms with Gasteiger partial charge in [-0.15, -0.1) is 0 Å². The van der Waals surface area contributed by atoms with E-state index in [1.165, 1.54) is 17.8 Å². The van der Waals surface area contributed by atoms with E-state index < -0.39 is 11.6 Å². The fraction of sp³-hybridized carbons (Fsp3) is 0.450. The Kier molecular flexibility index (Phi) is 6.89. The van der Waals surface area contributed by atoms with Gasteiger partial charge in [0.1, 0.15) is 11.6 Å². The van der Waals surface area contributed by atoms with E-state index in [4.69, 9.17) is 0 Å². The summed E-state index contributed by atoms with van der Waals surface area (Å²) in [7, 11) is 3.88. The minimum Gasteiger partial charge on any atom is -0.367 e. The molecular formula is C20H25F2N5OS. The number of amides is 1. The highest BCUT2D eigenvalue weighted by Crippen LogP contribution is 2.25. The number of hydrogen-bond acceptors (Lipinski definition) is 6. The normalized spacial score (nSPS) is 18.9. The van der Waals surface area contributed by atoms with Crippen molar-refractivity contribution in [3.63, 3.8) is 0 Å². The Morgan fingerprint density at radius 1 is 1.07 bits per heavy atom. The molecule has 2 aromatic rings. The van der Waals surface area contributed by atoms with E-state index in [-0.39, 0.29) is 23.6 Å². The summed E-state index contributed by atoms with van der Waals surface area (Å²) in [6, 6.07) is 5.39. The lowest BCUT2D eigenvalue weighted by molar-refractivity contribution is 0.0926. The van der Waals surface area contributed by atoms with Crippen molar-refractivity contribution in [2.24, 2.45) is 0 Å². The van der Waals surface area contributed by atoms with Crippen molar-refractivity contribution in [1.29, 1.82) is 0 Å². The van der Waals surface area contributed by atoms with Gasteiger partial charge in [0, 0.05) is 37.8 Å². The van der Waals surface area contributed by atoms with Crippen LogP contribution in [0.3, 0.4) is 0 Å². The number of rotatable bonds is 6. The van der Waals surface area contributed by atoms with Gasteiger partial charge in [-0.2, -0.15) is 0 Å². The fourth-order valence-electron chi connectivity index (χ4n) is 3.30. The quantitative estimate of drug-likeness (QED) is 0.548. The highest BCUT2D eigenvalue weighted by molar-refractivity contribution is 7.98. The lowest BCUT2D eigenvalue weighted by Gasteiger charge is -2.30. The number of carbonyl (C=O) groups excluding carboxylic acids is 1. The second-order valence-electron chi connectivity index (χ2n) is 7.29. The zero-order valence-corrected chi connectivity index (χ0v) is 17.5. The van der Waals surface area contributed by atoms with Gasteiger partial charge in [-0.25, -0.2) is 18.7 Å². The third kappa shape index (κ3) is 5.56. The molecule has 1 amide bonds. The van der Waals surface area contributed by atoms with Gasteiger partial charge in [0.15, 0.2) is 16.8 Å². The Morgan fingerprint density at radius 2 is 1.76 bits per heavy atom. The van der Waals surface area contributed by atoms with E-state index in [9.17, 15) is 13.6 Å². The molecule has 0 saturated heterocycles. The Bertz CT molecular complexity index is 872. The molecule has 0 spiro atoms. The largest absolute Gasteiger partial charge is 0.367 e. The number of hydrogen-bond donors (Lipinski definition) is 2. The monoisotopic (exact) mass is 421 g/mol. The lowest BCUT2D eigenvalue weighted by Crippen LogP contribution is -2.40. The summed E-state index contributed by atoms with van der Waals surface area (Å²) in [5, 5.41) is 7.11. The maximum absolute atomic E-state index is 13.3. The van der Waals surface area contributed by atoms with Crippen molar-refractivity contribution < 1.29 is 13.6 Å². The van der Waals surface area contributed by atoms with Gasteiger partial charge >= 0.3 is 0 Å². The average molecular weight is 422 g/mol. The predicted molar refractivity (Wildman–Crippen MR) is 112 cm³/mol. The molecule has 2 N–H and O–H groups in total. The number of nitrogens with zero attached hydrogens (tertiary/aromatic N) is 3. The molecule has 0 atom stereocenters. The van der Waals surface area contributed by atoms with E-state index in [2.05, 4.69) is 20.6 Å². The highest BCUT2D eigenvalue weighted by Gasteiger charge is 2.23. The first-order chi connectivity index (χ1) is 13.9. The van der Waals surface area contributed by atoms with Gasteiger partial charge in [-0.1, -0.05) is 11.8 Å². The Balaban J connectivity index is 1.55. The van der Waals surface area contributed by atoms with Crippen LogP contribution >= 0.6 is 11.8 Å². The molecule has 1 heterocycles. The van der Waals surface area contributed by atoms with Crippen LogP contribution in [0, 0.1) is 11.6 Å². The molecule has 1 fully saturated rings.